The van der Waals surface area contributed by atoms with E-state index in [1.807, 2.05) is 11.8 Å². The maximum Gasteiger partial charge on any atom is 0.242 e. The molecule has 2 nitrogen and oxygen atoms in total. The number of hydrogen-bond donors (Lipinski definition) is 0. The predicted molar refractivity (Wildman–Crippen MR) is 91.5 cm³/mol. The number of anilines is 1. The molecule has 0 spiro atoms. The third kappa shape index (κ3) is 3.76. The smallest absolute Gasteiger partial charge is 0.242 e. The second-order valence-corrected chi connectivity index (χ2v) is 6.89. The SMILES string of the molecule is CCCC1(CC)CSC(c2ccc(N(C)C)cc2)=[N+]1C.[I-]. The predicted octanol–water partition coefficient (Wildman–Crippen LogP) is 0.841. The van der Waals surface area contributed by atoms with Gasteiger partial charge in [0.15, 0.2) is 5.54 Å². The van der Waals surface area contributed by atoms with Crippen molar-refractivity contribution in [1.29, 1.82) is 0 Å². The topological polar surface area (TPSA) is 6.25 Å². The summed E-state index contributed by atoms with van der Waals surface area (Å²) >= 11 is 2.02. The molecule has 0 bridgehead atoms. The van der Waals surface area contributed by atoms with Crippen LogP contribution < -0.4 is 28.9 Å². The van der Waals surface area contributed by atoms with Gasteiger partial charge in [0.2, 0.25) is 5.04 Å². The highest BCUT2D eigenvalue weighted by Gasteiger charge is 2.44. The molecule has 0 saturated carbocycles. The Hall–Kier alpha value is -0.230. The van der Waals surface area contributed by atoms with Crippen LogP contribution in [0.15, 0.2) is 24.3 Å². The van der Waals surface area contributed by atoms with E-state index in [2.05, 4.69) is 68.7 Å². The minimum Gasteiger partial charge on any atom is -1.00 e. The molecule has 4 heteroatoms. The van der Waals surface area contributed by atoms with Crippen molar-refractivity contribution in [3.63, 3.8) is 0 Å². The number of nitrogens with zero attached hydrogens (tertiary/aromatic N) is 2. The molecule has 1 atom stereocenters. The largest absolute Gasteiger partial charge is 1.00 e. The third-order valence-electron chi connectivity index (χ3n) is 4.50. The standard InChI is InChI=1S/C17H27N2S.HI/c1-6-12-17(7-2)13-20-16(19(17)5)14-8-10-15(11-9-14)18(3)4;/h8-11H,6-7,12-13H2,1-5H3;1H/q+1;/p-1. The van der Waals surface area contributed by atoms with Crippen LogP contribution >= 0.6 is 11.8 Å². The summed E-state index contributed by atoms with van der Waals surface area (Å²) in [7, 11) is 6.44. The van der Waals surface area contributed by atoms with Crippen LogP contribution in [0.25, 0.3) is 0 Å². The Balaban J connectivity index is 0.00000220. The number of thioether (sulfide) groups is 1. The van der Waals surface area contributed by atoms with E-state index in [-0.39, 0.29) is 24.0 Å². The molecule has 1 unspecified atom stereocenters. The summed E-state index contributed by atoms with van der Waals surface area (Å²) in [5.41, 5.74) is 2.97. The van der Waals surface area contributed by atoms with E-state index < -0.39 is 0 Å². The molecule has 1 aromatic rings. The lowest BCUT2D eigenvalue weighted by molar-refractivity contribution is -0.573. The monoisotopic (exact) mass is 418 g/mol. The molecule has 0 saturated heterocycles. The van der Waals surface area contributed by atoms with Crippen molar-refractivity contribution in [2.45, 2.75) is 38.6 Å². The summed E-state index contributed by atoms with van der Waals surface area (Å²) in [6.07, 6.45) is 3.77. The maximum atomic E-state index is 2.53. The van der Waals surface area contributed by atoms with E-state index in [9.17, 15) is 0 Å². The van der Waals surface area contributed by atoms with E-state index in [0.29, 0.717) is 5.54 Å². The van der Waals surface area contributed by atoms with E-state index in [1.165, 1.54) is 41.3 Å². The molecule has 2 rings (SSSR count). The lowest BCUT2D eigenvalue weighted by atomic mass is 9.92. The van der Waals surface area contributed by atoms with Crippen molar-refractivity contribution >= 4 is 22.5 Å². The summed E-state index contributed by atoms with van der Waals surface area (Å²) in [6.45, 7) is 4.62. The summed E-state index contributed by atoms with van der Waals surface area (Å²) < 4.78 is 2.53. The molecule has 0 fully saturated rings. The first kappa shape index (κ1) is 18.8. The van der Waals surface area contributed by atoms with E-state index in [0.717, 1.165) is 0 Å². The molecule has 0 aliphatic carbocycles. The zero-order valence-corrected chi connectivity index (χ0v) is 16.8. The molecular weight excluding hydrogens is 391 g/mol. The molecule has 118 valence electrons. The highest BCUT2D eigenvalue weighted by atomic mass is 127. The van der Waals surface area contributed by atoms with E-state index >= 15 is 0 Å². The van der Waals surface area contributed by atoms with Crippen LogP contribution in [-0.4, -0.2) is 42.1 Å². The van der Waals surface area contributed by atoms with Crippen molar-refractivity contribution < 1.29 is 28.6 Å². The Kier molecular flexibility index (Phi) is 7.04. The van der Waals surface area contributed by atoms with Gasteiger partial charge in [-0.05, 0) is 42.4 Å². The van der Waals surface area contributed by atoms with Gasteiger partial charge in [-0.1, -0.05) is 13.8 Å². The second-order valence-electron chi connectivity index (χ2n) is 5.92. The minimum atomic E-state index is 0. The van der Waals surface area contributed by atoms with Gasteiger partial charge in [-0.3, -0.25) is 0 Å². The van der Waals surface area contributed by atoms with Crippen molar-refractivity contribution in [3.05, 3.63) is 29.8 Å². The minimum absolute atomic E-state index is 0. The van der Waals surface area contributed by atoms with Crippen LogP contribution in [0, 0.1) is 0 Å². The van der Waals surface area contributed by atoms with E-state index in [1.54, 1.807) is 0 Å². The molecule has 0 amide bonds. The van der Waals surface area contributed by atoms with Gasteiger partial charge in [-0.25, -0.2) is 4.58 Å². The van der Waals surface area contributed by atoms with Gasteiger partial charge in [-0.2, -0.15) is 0 Å². The zero-order chi connectivity index (χ0) is 14.8. The number of benzene rings is 1. The second kappa shape index (κ2) is 7.86. The van der Waals surface area contributed by atoms with Crippen molar-refractivity contribution in [2.75, 3.05) is 31.8 Å². The Morgan fingerprint density at radius 2 is 1.81 bits per heavy atom. The highest BCUT2D eigenvalue weighted by Crippen LogP contribution is 2.35. The molecule has 1 aliphatic heterocycles. The van der Waals surface area contributed by atoms with Crippen LogP contribution in [0.5, 0.6) is 0 Å². The van der Waals surface area contributed by atoms with E-state index in [4.69, 9.17) is 0 Å². The number of halogens is 1. The summed E-state index contributed by atoms with van der Waals surface area (Å²) in [4.78, 5) is 2.15. The molecular formula is C17H27IN2S. The fourth-order valence-corrected chi connectivity index (χ4v) is 4.65. The van der Waals surface area contributed by atoms with Crippen LogP contribution in [0.3, 0.4) is 0 Å². The Labute approximate surface area is 151 Å². The zero-order valence-electron chi connectivity index (χ0n) is 13.8. The molecule has 0 aromatic heterocycles. The third-order valence-corrected chi connectivity index (χ3v) is 5.96. The fourth-order valence-electron chi connectivity index (χ4n) is 3.01. The first-order valence-electron chi connectivity index (χ1n) is 7.55. The van der Waals surface area contributed by atoms with Gasteiger partial charge in [0.25, 0.3) is 0 Å². The van der Waals surface area contributed by atoms with Gasteiger partial charge < -0.3 is 28.9 Å². The summed E-state index contributed by atoms with van der Waals surface area (Å²) in [6, 6.07) is 8.93. The van der Waals surface area contributed by atoms with Crippen LogP contribution in [-0.2, 0) is 0 Å². The molecule has 1 aliphatic rings. The number of hydrogen-bond acceptors (Lipinski definition) is 2. The Bertz CT molecular complexity index is 496. The van der Waals surface area contributed by atoms with Crippen molar-refractivity contribution in [2.24, 2.45) is 0 Å². The van der Waals surface area contributed by atoms with Crippen molar-refractivity contribution in [1.82, 2.24) is 0 Å². The summed E-state index contributed by atoms with van der Waals surface area (Å²) in [5.74, 6) is 1.22. The molecule has 0 radical (unpaired) electrons. The average molecular weight is 418 g/mol. The lowest BCUT2D eigenvalue weighted by Gasteiger charge is -2.22. The molecule has 1 aromatic carbocycles. The van der Waals surface area contributed by atoms with Crippen LogP contribution in [0.1, 0.15) is 38.7 Å². The van der Waals surface area contributed by atoms with Gasteiger partial charge >= 0.3 is 0 Å². The lowest BCUT2D eigenvalue weighted by Crippen LogP contribution is -3.00. The molecule has 1 heterocycles. The first-order chi connectivity index (χ1) is 9.54. The summed E-state index contributed by atoms with van der Waals surface area (Å²) in [5, 5.41) is 1.44. The Morgan fingerprint density at radius 1 is 1.19 bits per heavy atom. The molecule has 21 heavy (non-hydrogen) atoms. The van der Waals surface area contributed by atoms with Crippen LogP contribution in [0.2, 0.25) is 0 Å². The maximum absolute atomic E-state index is 2.53. The van der Waals surface area contributed by atoms with Gasteiger partial charge in [0, 0.05) is 32.6 Å². The molecule has 0 N–H and O–H groups in total. The quantitative estimate of drug-likeness (QED) is 0.517. The van der Waals surface area contributed by atoms with Crippen LogP contribution in [0.4, 0.5) is 5.69 Å². The van der Waals surface area contributed by atoms with Gasteiger partial charge in [0.05, 0.1) is 11.3 Å². The number of rotatable bonds is 5. The first-order valence-corrected chi connectivity index (χ1v) is 8.54. The van der Waals surface area contributed by atoms with Gasteiger partial charge in [0.1, 0.15) is 7.05 Å². The normalized spacial score (nSPS) is 21.4. The highest BCUT2D eigenvalue weighted by molar-refractivity contribution is 8.14. The average Bonchev–Trinajstić information content (AvgIpc) is 2.77. The van der Waals surface area contributed by atoms with Gasteiger partial charge in [-0.15, -0.1) is 0 Å². The Morgan fingerprint density at radius 3 is 2.29 bits per heavy atom. The fraction of sp³-hybridized carbons (Fsp3) is 0.588. The van der Waals surface area contributed by atoms with Crippen molar-refractivity contribution in [3.8, 4) is 0 Å².